The van der Waals surface area contributed by atoms with Crippen molar-refractivity contribution in [1.29, 1.82) is 0 Å². The molecule has 0 N–H and O–H groups in total. The smallest absolute Gasteiger partial charge is 0.154 e. The number of alkyl halides is 1. The number of fused-ring (bicyclic) bond motifs is 1. The van der Waals surface area contributed by atoms with Crippen molar-refractivity contribution in [2.45, 2.75) is 6.42 Å². The zero-order valence-electron chi connectivity index (χ0n) is 7.90. The molecule has 0 spiro atoms. The van der Waals surface area contributed by atoms with Gasteiger partial charge in [0, 0.05) is 5.33 Å². The molecule has 3 nitrogen and oxygen atoms in total. The third-order valence-corrected chi connectivity index (χ3v) is 2.58. The highest BCUT2D eigenvalue weighted by atomic mass is 79.9. The standard InChI is InChI=1S/C10H9BrClN3/c11-6-2-1-3-8-7-13-10-5-4-9(12)14-15(8)10/h1,3-5,7H,2,6H2. The number of halogens is 2. The maximum atomic E-state index is 5.82. The summed E-state index contributed by atoms with van der Waals surface area (Å²) in [6.07, 6.45) is 6.82. The molecular weight excluding hydrogens is 277 g/mol. The third-order valence-electron chi connectivity index (χ3n) is 1.92. The molecule has 0 aromatic carbocycles. The lowest BCUT2D eigenvalue weighted by Crippen LogP contribution is -1.93. The number of nitrogens with zero attached hydrogens (tertiary/aromatic N) is 3. The third kappa shape index (κ3) is 2.38. The van der Waals surface area contributed by atoms with Gasteiger partial charge in [0.15, 0.2) is 5.65 Å². The number of imidazole rings is 1. The van der Waals surface area contributed by atoms with Crippen molar-refractivity contribution in [2.75, 3.05) is 5.33 Å². The maximum Gasteiger partial charge on any atom is 0.154 e. The lowest BCUT2D eigenvalue weighted by molar-refractivity contribution is 0.926. The fourth-order valence-corrected chi connectivity index (χ4v) is 1.65. The monoisotopic (exact) mass is 285 g/mol. The molecule has 2 aromatic rings. The van der Waals surface area contributed by atoms with Crippen molar-refractivity contribution < 1.29 is 0 Å². The molecule has 0 unspecified atom stereocenters. The van der Waals surface area contributed by atoms with Crippen molar-refractivity contribution in [3.8, 4) is 0 Å². The zero-order valence-corrected chi connectivity index (χ0v) is 10.2. The fourth-order valence-electron chi connectivity index (χ4n) is 1.25. The number of hydrogen-bond acceptors (Lipinski definition) is 2. The lowest BCUT2D eigenvalue weighted by atomic mass is 10.3. The Balaban J connectivity index is 2.39. The van der Waals surface area contributed by atoms with Crippen molar-refractivity contribution in [1.82, 2.24) is 14.6 Å². The predicted molar refractivity (Wildman–Crippen MR) is 65.4 cm³/mol. The number of rotatable bonds is 3. The summed E-state index contributed by atoms with van der Waals surface area (Å²) < 4.78 is 1.73. The van der Waals surface area contributed by atoms with Crippen LogP contribution in [0.4, 0.5) is 0 Å². The first-order valence-electron chi connectivity index (χ1n) is 4.54. The summed E-state index contributed by atoms with van der Waals surface area (Å²) in [6, 6.07) is 3.58. The Hall–Kier alpha value is -0.870. The van der Waals surface area contributed by atoms with Gasteiger partial charge >= 0.3 is 0 Å². The van der Waals surface area contributed by atoms with Gasteiger partial charge in [-0.3, -0.25) is 0 Å². The van der Waals surface area contributed by atoms with Gasteiger partial charge < -0.3 is 0 Å². The van der Waals surface area contributed by atoms with Gasteiger partial charge in [-0.1, -0.05) is 33.6 Å². The fraction of sp³-hybridized carbons (Fsp3) is 0.200. The summed E-state index contributed by atoms with van der Waals surface area (Å²) in [6.45, 7) is 0. The highest BCUT2D eigenvalue weighted by molar-refractivity contribution is 9.09. The minimum Gasteiger partial charge on any atom is -0.235 e. The Morgan fingerprint density at radius 3 is 3.13 bits per heavy atom. The van der Waals surface area contributed by atoms with Gasteiger partial charge in [-0.05, 0) is 24.6 Å². The summed E-state index contributed by atoms with van der Waals surface area (Å²) in [4.78, 5) is 4.22. The van der Waals surface area contributed by atoms with Crippen LogP contribution in [0.3, 0.4) is 0 Å². The lowest BCUT2D eigenvalue weighted by Gasteiger charge is -1.95. The van der Waals surface area contributed by atoms with Crippen LogP contribution in [0.15, 0.2) is 24.4 Å². The number of aromatic nitrogens is 3. The second-order valence-corrected chi connectivity index (χ2v) is 4.17. The van der Waals surface area contributed by atoms with E-state index in [0.717, 1.165) is 23.1 Å². The largest absolute Gasteiger partial charge is 0.235 e. The summed E-state index contributed by atoms with van der Waals surface area (Å²) in [7, 11) is 0. The number of allylic oxidation sites excluding steroid dienone is 1. The first-order chi connectivity index (χ1) is 7.31. The van der Waals surface area contributed by atoms with Gasteiger partial charge in [0.1, 0.15) is 5.15 Å². The summed E-state index contributed by atoms with van der Waals surface area (Å²) >= 11 is 9.18. The molecule has 0 saturated heterocycles. The van der Waals surface area contributed by atoms with Crippen molar-refractivity contribution in [2.24, 2.45) is 0 Å². The van der Waals surface area contributed by atoms with E-state index in [1.807, 2.05) is 12.1 Å². The molecule has 15 heavy (non-hydrogen) atoms. The van der Waals surface area contributed by atoms with Crippen LogP contribution in [-0.2, 0) is 0 Å². The molecule has 5 heteroatoms. The van der Waals surface area contributed by atoms with Crippen LogP contribution in [0, 0.1) is 0 Å². The molecule has 0 aliphatic carbocycles. The molecule has 0 bridgehead atoms. The van der Waals surface area contributed by atoms with Gasteiger partial charge in [0.25, 0.3) is 0 Å². The highest BCUT2D eigenvalue weighted by Gasteiger charge is 2.01. The van der Waals surface area contributed by atoms with Gasteiger partial charge in [-0.2, -0.15) is 5.10 Å². The van der Waals surface area contributed by atoms with E-state index in [9.17, 15) is 0 Å². The first-order valence-corrected chi connectivity index (χ1v) is 6.04. The van der Waals surface area contributed by atoms with E-state index >= 15 is 0 Å². The molecule has 0 atom stereocenters. The zero-order chi connectivity index (χ0) is 10.7. The van der Waals surface area contributed by atoms with E-state index < -0.39 is 0 Å². The van der Waals surface area contributed by atoms with E-state index in [-0.39, 0.29) is 0 Å². The van der Waals surface area contributed by atoms with Crippen molar-refractivity contribution in [3.63, 3.8) is 0 Å². The molecule has 0 aliphatic heterocycles. The van der Waals surface area contributed by atoms with Crippen LogP contribution in [-0.4, -0.2) is 19.9 Å². The highest BCUT2D eigenvalue weighted by Crippen LogP contribution is 2.10. The average Bonchev–Trinajstić information content (AvgIpc) is 2.62. The normalized spacial score (nSPS) is 11.6. The van der Waals surface area contributed by atoms with E-state index in [4.69, 9.17) is 11.6 Å². The van der Waals surface area contributed by atoms with E-state index in [2.05, 4.69) is 32.1 Å². The Morgan fingerprint density at radius 2 is 2.33 bits per heavy atom. The van der Waals surface area contributed by atoms with Crippen LogP contribution in [0.5, 0.6) is 0 Å². The minimum atomic E-state index is 0.468. The molecular formula is C10H9BrClN3. The van der Waals surface area contributed by atoms with Crippen LogP contribution in [0.2, 0.25) is 5.15 Å². The predicted octanol–water partition coefficient (Wildman–Crippen LogP) is 3.18. The van der Waals surface area contributed by atoms with Crippen LogP contribution >= 0.6 is 27.5 Å². The summed E-state index contributed by atoms with van der Waals surface area (Å²) in [5.74, 6) is 0. The molecule has 0 amide bonds. The SMILES string of the molecule is Clc1ccc2ncc(C=CCCBr)n2n1. The topological polar surface area (TPSA) is 30.2 Å². The molecule has 2 rings (SSSR count). The molecule has 0 saturated carbocycles. The Morgan fingerprint density at radius 1 is 1.47 bits per heavy atom. The second-order valence-electron chi connectivity index (χ2n) is 2.99. The van der Waals surface area contributed by atoms with Gasteiger partial charge in [0.2, 0.25) is 0 Å². The molecule has 78 valence electrons. The Kier molecular flexibility index (Phi) is 3.38. The molecule has 0 aliphatic rings. The minimum absolute atomic E-state index is 0.468. The van der Waals surface area contributed by atoms with Gasteiger partial charge in [-0.25, -0.2) is 9.50 Å². The van der Waals surface area contributed by atoms with Gasteiger partial charge in [0.05, 0.1) is 11.9 Å². The molecule has 2 aromatic heterocycles. The quantitative estimate of drug-likeness (QED) is 0.811. The maximum absolute atomic E-state index is 5.82. The molecule has 0 fully saturated rings. The van der Waals surface area contributed by atoms with E-state index in [0.29, 0.717) is 5.15 Å². The van der Waals surface area contributed by atoms with Crippen LogP contribution < -0.4 is 0 Å². The first kappa shape index (κ1) is 10.6. The number of hydrogen-bond donors (Lipinski definition) is 0. The Bertz CT molecular complexity index is 492. The summed E-state index contributed by atoms with van der Waals surface area (Å²) in [5.41, 5.74) is 1.74. The molecule has 2 heterocycles. The summed E-state index contributed by atoms with van der Waals surface area (Å²) in [5, 5.41) is 5.59. The molecule has 0 radical (unpaired) electrons. The van der Waals surface area contributed by atoms with Crippen molar-refractivity contribution in [3.05, 3.63) is 35.3 Å². The van der Waals surface area contributed by atoms with Crippen molar-refractivity contribution >= 4 is 39.3 Å². The average molecular weight is 287 g/mol. The van der Waals surface area contributed by atoms with Gasteiger partial charge in [-0.15, -0.1) is 0 Å². The van der Waals surface area contributed by atoms with Crippen LogP contribution in [0.1, 0.15) is 12.1 Å². The van der Waals surface area contributed by atoms with Crippen LogP contribution in [0.25, 0.3) is 11.7 Å². The van der Waals surface area contributed by atoms with E-state index in [1.165, 1.54) is 0 Å². The Labute approximate surface area is 101 Å². The van der Waals surface area contributed by atoms with E-state index in [1.54, 1.807) is 16.8 Å². The second kappa shape index (κ2) is 4.77.